The highest BCUT2D eigenvalue weighted by molar-refractivity contribution is 6.17. The average molecular weight is 184 g/mol. The van der Waals surface area contributed by atoms with Gasteiger partial charge in [-0.05, 0) is 6.42 Å². The summed E-state index contributed by atoms with van der Waals surface area (Å²) in [6, 6.07) is 0.188. The Kier molecular flexibility index (Phi) is 8.34. The third-order valence-electron chi connectivity index (χ3n) is 1.35. The topological polar surface area (TPSA) is 21.3 Å². The van der Waals surface area contributed by atoms with E-state index in [0.29, 0.717) is 19.0 Å². The van der Waals surface area contributed by atoms with Crippen molar-refractivity contribution in [3.8, 4) is 0 Å². The minimum absolute atomic E-state index is 0.188. The maximum absolute atomic E-state index is 11.7. The Bertz CT molecular complexity index is 78.8. The molecule has 0 aliphatic carbocycles. The van der Waals surface area contributed by atoms with Crippen molar-refractivity contribution in [2.45, 2.75) is 12.5 Å². The molecule has 1 atom stereocenters. The molecule has 2 nitrogen and oxygen atoms in total. The molecule has 0 aromatic rings. The molecule has 0 heterocycles. The number of alkyl halides is 2. The summed E-state index contributed by atoms with van der Waals surface area (Å²) in [6.07, 6.45) is 0.815. The van der Waals surface area contributed by atoms with Crippen LogP contribution in [0, 0.1) is 0 Å². The fraction of sp³-hybridized carbons (Fsp3) is 1.00. The summed E-state index contributed by atoms with van der Waals surface area (Å²) < 4.78 is 16.6. The van der Waals surface area contributed by atoms with Crippen molar-refractivity contribution >= 4 is 11.6 Å². The predicted octanol–water partition coefficient (Wildman–Crippen LogP) is 1.19. The van der Waals surface area contributed by atoms with Crippen molar-refractivity contribution in [3.05, 3.63) is 0 Å². The lowest BCUT2D eigenvalue weighted by Gasteiger charge is -2.14. The predicted molar refractivity (Wildman–Crippen MR) is 45.0 cm³/mol. The van der Waals surface area contributed by atoms with Crippen LogP contribution in [0.3, 0.4) is 0 Å². The molecule has 0 aromatic heterocycles. The number of methoxy groups -OCH3 is 1. The standard InChI is InChI=1S/C7H15ClFNO/c1-11-6-7(2-3-8)10-5-4-9/h7,10H,2-6H2,1H3. The van der Waals surface area contributed by atoms with Crippen LogP contribution < -0.4 is 5.32 Å². The van der Waals surface area contributed by atoms with Gasteiger partial charge in [0.25, 0.3) is 0 Å². The molecule has 0 radical (unpaired) electrons. The second kappa shape index (κ2) is 8.24. The lowest BCUT2D eigenvalue weighted by Crippen LogP contribution is -2.34. The quantitative estimate of drug-likeness (QED) is 0.599. The first-order valence-corrected chi connectivity index (χ1v) is 4.22. The zero-order chi connectivity index (χ0) is 8.53. The number of nitrogens with one attached hydrogen (secondary N) is 1. The lowest BCUT2D eigenvalue weighted by molar-refractivity contribution is 0.163. The minimum atomic E-state index is -0.345. The molecule has 0 fully saturated rings. The summed E-state index contributed by atoms with van der Waals surface area (Å²) in [5, 5.41) is 2.99. The van der Waals surface area contributed by atoms with E-state index in [1.165, 1.54) is 0 Å². The van der Waals surface area contributed by atoms with Crippen LogP contribution in [-0.2, 0) is 4.74 Å². The lowest BCUT2D eigenvalue weighted by atomic mass is 10.2. The molecule has 0 saturated heterocycles. The number of halogens is 2. The molecule has 0 bridgehead atoms. The molecule has 0 rings (SSSR count). The van der Waals surface area contributed by atoms with Gasteiger partial charge >= 0.3 is 0 Å². The maximum atomic E-state index is 11.7. The highest BCUT2D eigenvalue weighted by atomic mass is 35.5. The Hall–Kier alpha value is 0.140. The average Bonchev–Trinajstić information content (AvgIpc) is 2.01. The molecule has 0 aliphatic rings. The van der Waals surface area contributed by atoms with Gasteiger partial charge in [0, 0.05) is 25.6 Å². The summed E-state index contributed by atoms with van der Waals surface area (Å²) in [7, 11) is 1.62. The summed E-state index contributed by atoms with van der Waals surface area (Å²) in [5.74, 6) is 0.577. The van der Waals surface area contributed by atoms with Gasteiger partial charge in [-0.15, -0.1) is 11.6 Å². The number of hydrogen-bond donors (Lipinski definition) is 1. The second-order valence-corrected chi connectivity index (χ2v) is 2.65. The normalized spacial score (nSPS) is 13.4. The van der Waals surface area contributed by atoms with E-state index in [1.54, 1.807) is 7.11 Å². The Labute approximate surface area is 72.1 Å². The van der Waals surface area contributed by atoms with Crippen molar-refractivity contribution < 1.29 is 9.13 Å². The summed E-state index contributed by atoms with van der Waals surface area (Å²) in [6.45, 7) is 0.625. The zero-order valence-electron chi connectivity index (χ0n) is 6.78. The monoisotopic (exact) mass is 183 g/mol. The van der Waals surface area contributed by atoms with Gasteiger partial charge in [-0.3, -0.25) is 0 Å². The fourth-order valence-electron chi connectivity index (χ4n) is 0.836. The first kappa shape index (κ1) is 11.1. The van der Waals surface area contributed by atoms with Gasteiger partial charge in [-0.1, -0.05) is 0 Å². The molecule has 0 aliphatic heterocycles. The number of ether oxygens (including phenoxy) is 1. The van der Waals surface area contributed by atoms with Crippen LogP contribution in [0.5, 0.6) is 0 Å². The SMILES string of the molecule is COCC(CCCl)NCCF. The van der Waals surface area contributed by atoms with Crippen LogP contribution in [0.2, 0.25) is 0 Å². The molecule has 0 amide bonds. The van der Waals surface area contributed by atoms with Gasteiger partial charge in [0.15, 0.2) is 0 Å². The van der Waals surface area contributed by atoms with Crippen LogP contribution >= 0.6 is 11.6 Å². The number of rotatable bonds is 7. The first-order valence-electron chi connectivity index (χ1n) is 3.69. The molecule has 0 saturated carbocycles. The molecule has 1 unspecified atom stereocenters. The van der Waals surface area contributed by atoms with Gasteiger partial charge < -0.3 is 10.1 Å². The Morgan fingerprint density at radius 3 is 2.82 bits per heavy atom. The Morgan fingerprint density at radius 2 is 2.36 bits per heavy atom. The first-order chi connectivity index (χ1) is 5.35. The maximum Gasteiger partial charge on any atom is 0.102 e. The molecule has 0 spiro atoms. The van der Waals surface area contributed by atoms with Crippen molar-refractivity contribution in [1.29, 1.82) is 0 Å². The highest BCUT2D eigenvalue weighted by Gasteiger charge is 2.05. The molecule has 0 aromatic carbocycles. The van der Waals surface area contributed by atoms with Crippen molar-refractivity contribution in [2.24, 2.45) is 0 Å². The Morgan fingerprint density at radius 1 is 1.64 bits per heavy atom. The van der Waals surface area contributed by atoms with Crippen LogP contribution in [0.15, 0.2) is 0 Å². The van der Waals surface area contributed by atoms with Crippen LogP contribution in [-0.4, -0.2) is 38.9 Å². The van der Waals surface area contributed by atoms with E-state index >= 15 is 0 Å². The second-order valence-electron chi connectivity index (χ2n) is 2.27. The van der Waals surface area contributed by atoms with Crippen molar-refractivity contribution in [1.82, 2.24) is 5.32 Å². The molecule has 11 heavy (non-hydrogen) atoms. The highest BCUT2D eigenvalue weighted by Crippen LogP contribution is 1.94. The van der Waals surface area contributed by atoms with E-state index in [0.717, 1.165) is 6.42 Å². The molecule has 4 heteroatoms. The zero-order valence-corrected chi connectivity index (χ0v) is 7.53. The van der Waals surface area contributed by atoms with E-state index in [1.807, 2.05) is 0 Å². The van der Waals surface area contributed by atoms with Gasteiger partial charge in [-0.25, -0.2) is 4.39 Å². The van der Waals surface area contributed by atoms with Crippen LogP contribution in [0.4, 0.5) is 4.39 Å². The van der Waals surface area contributed by atoms with Crippen LogP contribution in [0.25, 0.3) is 0 Å². The molecule has 1 N–H and O–H groups in total. The van der Waals surface area contributed by atoms with Crippen LogP contribution in [0.1, 0.15) is 6.42 Å². The summed E-state index contributed by atoms with van der Waals surface area (Å²) in [5.41, 5.74) is 0. The molecular formula is C7H15ClFNO. The third-order valence-corrected chi connectivity index (χ3v) is 1.57. The van der Waals surface area contributed by atoms with Gasteiger partial charge in [0.05, 0.1) is 6.61 Å². The van der Waals surface area contributed by atoms with E-state index < -0.39 is 0 Å². The van der Waals surface area contributed by atoms with Gasteiger partial charge in [0.2, 0.25) is 0 Å². The summed E-state index contributed by atoms with van der Waals surface area (Å²) in [4.78, 5) is 0. The van der Waals surface area contributed by atoms with Gasteiger partial charge in [0.1, 0.15) is 6.67 Å². The minimum Gasteiger partial charge on any atom is -0.383 e. The largest absolute Gasteiger partial charge is 0.383 e. The van der Waals surface area contributed by atoms with Crippen molar-refractivity contribution in [2.75, 3.05) is 32.8 Å². The molecular weight excluding hydrogens is 169 g/mol. The van der Waals surface area contributed by atoms with E-state index in [9.17, 15) is 4.39 Å². The molecule has 68 valence electrons. The summed E-state index contributed by atoms with van der Waals surface area (Å²) >= 11 is 5.52. The van der Waals surface area contributed by atoms with E-state index in [-0.39, 0.29) is 12.7 Å². The fourth-order valence-corrected chi connectivity index (χ4v) is 1.10. The smallest absolute Gasteiger partial charge is 0.102 e. The Balaban J connectivity index is 3.34. The van der Waals surface area contributed by atoms with Crippen molar-refractivity contribution in [3.63, 3.8) is 0 Å². The van der Waals surface area contributed by atoms with E-state index in [4.69, 9.17) is 16.3 Å². The third kappa shape index (κ3) is 6.53. The van der Waals surface area contributed by atoms with E-state index in [2.05, 4.69) is 5.32 Å². The number of hydrogen-bond acceptors (Lipinski definition) is 2. The van der Waals surface area contributed by atoms with Gasteiger partial charge in [-0.2, -0.15) is 0 Å².